The number of carbonyl (C=O) groups is 1. The van der Waals surface area contributed by atoms with E-state index in [1.54, 1.807) is 0 Å². The molecule has 1 fully saturated rings. The van der Waals surface area contributed by atoms with Gasteiger partial charge in [0.05, 0.1) is 6.54 Å². The van der Waals surface area contributed by atoms with Crippen molar-refractivity contribution in [3.05, 3.63) is 35.4 Å². The van der Waals surface area contributed by atoms with E-state index in [-0.39, 0.29) is 29.9 Å². The van der Waals surface area contributed by atoms with Gasteiger partial charge in [0.2, 0.25) is 5.91 Å². The van der Waals surface area contributed by atoms with Crippen LogP contribution in [0.25, 0.3) is 0 Å². The van der Waals surface area contributed by atoms with E-state index in [0.717, 1.165) is 32.0 Å². The summed E-state index contributed by atoms with van der Waals surface area (Å²) in [5.74, 6) is 0.829. The minimum absolute atomic E-state index is 0. The summed E-state index contributed by atoms with van der Waals surface area (Å²) in [5.41, 5.74) is 2.56. The topological polar surface area (TPSA) is 68.8 Å². The summed E-state index contributed by atoms with van der Waals surface area (Å²) in [5, 5.41) is 9.34. The molecule has 158 valence electrons. The van der Waals surface area contributed by atoms with E-state index in [2.05, 4.69) is 50.1 Å². The number of benzene rings is 1. The molecule has 3 N–H and O–H groups in total. The zero-order chi connectivity index (χ0) is 19.3. The Hall–Kier alpha value is -1.35. The first-order valence-electron chi connectivity index (χ1n) is 10.3. The standard InChI is InChI=1S/C21H35N5O.HI/c1-3-12-23-20(27)11-13-24-21(22-4-2)25-16-18-7-9-19(10-8-18)17-26-14-5-6-15-26;/h7-10H,3-6,11-17H2,1-2H3,(H,23,27)(H2,22,24,25);1H. The number of rotatable bonds is 10. The number of hydrogen-bond donors (Lipinski definition) is 3. The smallest absolute Gasteiger partial charge is 0.221 e. The van der Waals surface area contributed by atoms with E-state index in [0.29, 0.717) is 19.5 Å². The van der Waals surface area contributed by atoms with Gasteiger partial charge in [0, 0.05) is 32.6 Å². The quantitative estimate of drug-likeness (QED) is 0.262. The molecular weight excluding hydrogens is 465 g/mol. The van der Waals surface area contributed by atoms with Crippen LogP contribution in [0.4, 0.5) is 0 Å². The molecule has 2 rings (SSSR count). The molecule has 1 saturated heterocycles. The molecule has 1 aliphatic heterocycles. The molecule has 0 radical (unpaired) electrons. The fourth-order valence-electron chi connectivity index (χ4n) is 3.11. The van der Waals surface area contributed by atoms with Gasteiger partial charge in [-0.05, 0) is 50.4 Å². The van der Waals surface area contributed by atoms with Crippen LogP contribution in [-0.4, -0.2) is 49.5 Å². The van der Waals surface area contributed by atoms with Crippen molar-refractivity contribution in [1.82, 2.24) is 20.9 Å². The van der Waals surface area contributed by atoms with Crippen molar-refractivity contribution in [2.75, 3.05) is 32.7 Å². The predicted molar refractivity (Wildman–Crippen MR) is 127 cm³/mol. The third kappa shape index (κ3) is 9.73. The molecule has 6 nitrogen and oxygen atoms in total. The van der Waals surface area contributed by atoms with Crippen LogP contribution in [-0.2, 0) is 17.9 Å². The lowest BCUT2D eigenvalue weighted by Crippen LogP contribution is -2.39. The van der Waals surface area contributed by atoms with Crippen molar-refractivity contribution in [3.8, 4) is 0 Å². The number of likely N-dealkylation sites (tertiary alicyclic amines) is 1. The number of nitrogens with one attached hydrogen (secondary N) is 3. The van der Waals surface area contributed by atoms with Gasteiger partial charge in [-0.15, -0.1) is 24.0 Å². The van der Waals surface area contributed by atoms with Gasteiger partial charge in [-0.2, -0.15) is 0 Å². The molecule has 1 aromatic rings. The van der Waals surface area contributed by atoms with Gasteiger partial charge in [0.15, 0.2) is 5.96 Å². The Morgan fingerprint density at radius 1 is 1.00 bits per heavy atom. The molecule has 0 atom stereocenters. The Kier molecular flexibility index (Phi) is 12.9. The zero-order valence-electron chi connectivity index (χ0n) is 17.3. The molecule has 0 saturated carbocycles. The van der Waals surface area contributed by atoms with E-state index < -0.39 is 0 Å². The highest BCUT2D eigenvalue weighted by Crippen LogP contribution is 2.13. The fraction of sp³-hybridized carbons (Fsp3) is 0.619. The first kappa shape index (κ1) is 24.7. The van der Waals surface area contributed by atoms with Crippen LogP contribution < -0.4 is 16.0 Å². The largest absolute Gasteiger partial charge is 0.357 e. The van der Waals surface area contributed by atoms with E-state index in [1.165, 1.54) is 37.1 Å². The first-order chi connectivity index (χ1) is 13.2. The summed E-state index contributed by atoms with van der Waals surface area (Å²) in [6, 6.07) is 8.75. The van der Waals surface area contributed by atoms with Gasteiger partial charge in [-0.25, -0.2) is 4.99 Å². The van der Waals surface area contributed by atoms with Crippen molar-refractivity contribution < 1.29 is 4.79 Å². The number of aliphatic imine (C=N–C) groups is 1. The second kappa shape index (κ2) is 14.6. The molecule has 28 heavy (non-hydrogen) atoms. The predicted octanol–water partition coefficient (Wildman–Crippen LogP) is 2.87. The van der Waals surface area contributed by atoms with E-state index in [4.69, 9.17) is 0 Å². The Balaban J connectivity index is 0.00000392. The van der Waals surface area contributed by atoms with Gasteiger partial charge >= 0.3 is 0 Å². The number of guanidine groups is 1. The monoisotopic (exact) mass is 501 g/mol. The summed E-state index contributed by atoms with van der Waals surface area (Å²) >= 11 is 0. The minimum Gasteiger partial charge on any atom is -0.357 e. The lowest BCUT2D eigenvalue weighted by molar-refractivity contribution is -0.120. The molecule has 0 aliphatic carbocycles. The minimum atomic E-state index is 0. The van der Waals surface area contributed by atoms with Crippen molar-refractivity contribution in [2.45, 2.75) is 52.6 Å². The summed E-state index contributed by atoms with van der Waals surface area (Å²) in [4.78, 5) is 18.8. The van der Waals surface area contributed by atoms with E-state index in [1.807, 2.05) is 13.8 Å². The fourth-order valence-corrected chi connectivity index (χ4v) is 3.11. The summed E-state index contributed by atoms with van der Waals surface area (Å²) in [6.07, 6.45) is 4.07. The second-order valence-corrected chi connectivity index (χ2v) is 7.02. The maximum atomic E-state index is 11.7. The molecule has 0 unspecified atom stereocenters. The van der Waals surface area contributed by atoms with E-state index in [9.17, 15) is 4.79 Å². The lowest BCUT2D eigenvalue weighted by atomic mass is 10.1. The van der Waals surface area contributed by atoms with Crippen molar-refractivity contribution >= 4 is 35.8 Å². The highest BCUT2D eigenvalue weighted by atomic mass is 127. The van der Waals surface area contributed by atoms with Crippen molar-refractivity contribution in [1.29, 1.82) is 0 Å². The number of carbonyl (C=O) groups excluding carboxylic acids is 1. The van der Waals surface area contributed by atoms with Gasteiger partial charge in [0.1, 0.15) is 0 Å². The molecule has 1 aromatic carbocycles. The molecule has 0 spiro atoms. The SMILES string of the molecule is CCCNC(=O)CCNC(=NCc1ccc(CN2CCCC2)cc1)NCC.I. The number of hydrogen-bond acceptors (Lipinski definition) is 3. The number of amides is 1. The second-order valence-electron chi connectivity index (χ2n) is 7.02. The lowest BCUT2D eigenvalue weighted by Gasteiger charge is -2.14. The molecular formula is C21H36IN5O. The third-order valence-electron chi connectivity index (χ3n) is 4.61. The normalized spacial score (nSPS) is 14.4. The Labute approximate surface area is 187 Å². The zero-order valence-corrected chi connectivity index (χ0v) is 19.6. The van der Waals surface area contributed by atoms with Crippen LogP contribution in [0.2, 0.25) is 0 Å². The van der Waals surface area contributed by atoms with Crippen LogP contribution in [0, 0.1) is 0 Å². The average molecular weight is 501 g/mol. The van der Waals surface area contributed by atoms with Gasteiger partial charge < -0.3 is 16.0 Å². The average Bonchev–Trinajstić information content (AvgIpc) is 3.18. The number of nitrogens with zero attached hydrogens (tertiary/aromatic N) is 2. The summed E-state index contributed by atoms with van der Waals surface area (Å²) in [6.45, 7) is 10.3. The van der Waals surface area contributed by atoms with Crippen molar-refractivity contribution in [3.63, 3.8) is 0 Å². The highest BCUT2D eigenvalue weighted by Gasteiger charge is 2.11. The molecule has 7 heteroatoms. The molecule has 1 aliphatic rings. The van der Waals surface area contributed by atoms with Gasteiger partial charge in [-0.3, -0.25) is 9.69 Å². The Morgan fingerprint density at radius 2 is 1.68 bits per heavy atom. The first-order valence-corrected chi connectivity index (χ1v) is 10.3. The maximum Gasteiger partial charge on any atom is 0.221 e. The molecule has 0 bridgehead atoms. The Morgan fingerprint density at radius 3 is 2.32 bits per heavy atom. The summed E-state index contributed by atoms with van der Waals surface area (Å²) in [7, 11) is 0. The maximum absolute atomic E-state index is 11.7. The van der Waals surface area contributed by atoms with Crippen molar-refractivity contribution in [2.24, 2.45) is 4.99 Å². The Bertz CT molecular complexity index is 585. The van der Waals surface area contributed by atoms with E-state index >= 15 is 0 Å². The number of halogens is 1. The van der Waals surface area contributed by atoms with Gasteiger partial charge in [-0.1, -0.05) is 31.2 Å². The van der Waals surface area contributed by atoms with Crippen LogP contribution in [0.1, 0.15) is 50.7 Å². The third-order valence-corrected chi connectivity index (χ3v) is 4.61. The van der Waals surface area contributed by atoms with Crippen LogP contribution >= 0.6 is 24.0 Å². The molecule has 1 amide bonds. The van der Waals surface area contributed by atoms with Gasteiger partial charge in [0.25, 0.3) is 0 Å². The summed E-state index contributed by atoms with van der Waals surface area (Å²) < 4.78 is 0. The molecule has 0 aromatic heterocycles. The molecule has 1 heterocycles. The van der Waals surface area contributed by atoms with Crippen LogP contribution in [0.15, 0.2) is 29.3 Å². The van der Waals surface area contributed by atoms with Crippen LogP contribution in [0.5, 0.6) is 0 Å². The highest BCUT2D eigenvalue weighted by molar-refractivity contribution is 14.0. The van der Waals surface area contributed by atoms with Crippen LogP contribution in [0.3, 0.4) is 0 Å².